The summed E-state index contributed by atoms with van der Waals surface area (Å²) in [6.45, 7) is 5.59. The second kappa shape index (κ2) is 8.27. The van der Waals surface area contributed by atoms with Gasteiger partial charge in [0.15, 0.2) is 0 Å². The quantitative estimate of drug-likeness (QED) is 0.832. The third-order valence-electron chi connectivity index (χ3n) is 3.39. The van der Waals surface area contributed by atoms with Crippen molar-refractivity contribution >= 4 is 17.3 Å². The summed E-state index contributed by atoms with van der Waals surface area (Å²) in [7, 11) is 0. The lowest BCUT2D eigenvalue weighted by atomic mass is 10.2. The average molecular weight is 315 g/mol. The molecule has 2 aromatic rings. The lowest BCUT2D eigenvalue weighted by molar-refractivity contribution is 0.0749. The third kappa shape index (κ3) is 4.77. The molecule has 1 aromatic heterocycles. The van der Waals surface area contributed by atoms with E-state index < -0.39 is 0 Å². The largest absolute Gasteiger partial charge is 0.354 e. The maximum Gasteiger partial charge on any atom is 0.272 e. The van der Waals surface area contributed by atoms with E-state index in [4.69, 9.17) is 0 Å². The summed E-state index contributed by atoms with van der Waals surface area (Å²) in [5.74, 6) is -0.316. The zero-order chi connectivity index (χ0) is 16.7. The maximum absolute atomic E-state index is 12.9. The van der Waals surface area contributed by atoms with Crippen molar-refractivity contribution in [3.05, 3.63) is 54.1 Å². The summed E-state index contributed by atoms with van der Waals surface area (Å²) in [6, 6.07) is 9.60. The van der Waals surface area contributed by atoms with E-state index in [1.807, 2.05) is 4.90 Å². The van der Waals surface area contributed by atoms with Crippen molar-refractivity contribution in [3.63, 3.8) is 0 Å². The van der Waals surface area contributed by atoms with Crippen LogP contribution in [-0.4, -0.2) is 28.9 Å². The summed E-state index contributed by atoms with van der Waals surface area (Å²) >= 11 is 0. The number of carbonyl (C=O) groups is 1. The molecule has 0 bridgehead atoms. The van der Waals surface area contributed by atoms with Crippen molar-refractivity contribution < 1.29 is 9.18 Å². The van der Waals surface area contributed by atoms with Crippen molar-refractivity contribution in [1.29, 1.82) is 0 Å². The molecule has 0 saturated carbocycles. The van der Waals surface area contributed by atoms with E-state index in [0.29, 0.717) is 5.69 Å². The van der Waals surface area contributed by atoms with Crippen LogP contribution in [0, 0.1) is 5.82 Å². The number of pyridine rings is 1. The van der Waals surface area contributed by atoms with Gasteiger partial charge >= 0.3 is 0 Å². The van der Waals surface area contributed by atoms with E-state index in [0.717, 1.165) is 37.3 Å². The first-order chi connectivity index (χ1) is 11.1. The Morgan fingerprint density at radius 1 is 1.04 bits per heavy atom. The molecule has 0 fully saturated rings. The highest BCUT2D eigenvalue weighted by Gasteiger charge is 2.15. The van der Waals surface area contributed by atoms with E-state index in [2.05, 4.69) is 24.1 Å². The topological polar surface area (TPSA) is 45.2 Å². The van der Waals surface area contributed by atoms with Gasteiger partial charge in [-0.15, -0.1) is 0 Å². The molecular formula is C18H22FN3O. The number of hydrogen-bond donors (Lipinski definition) is 1. The second-order valence-electron chi connectivity index (χ2n) is 5.36. The normalized spacial score (nSPS) is 10.4. The van der Waals surface area contributed by atoms with E-state index in [-0.39, 0.29) is 11.7 Å². The highest BCUT2D eigenvalue weighted by molar-refractivity contribution is 5.92. The van der Waals surface area contributed by atoms with Crippen LogP contribution in [0.25, 0.3) is 0 Å². The molecule has 0 unspecified atom stereocenters. The Hall–Kier alpha value is -2.43. The van der Waals surface area contributed by atoms with Gasteiger partial charge in [0.05, 0.1) is 11.9 Å². The SMILES string of the molecule is CCCN(CCC)C(=O)c1ccc(Nc2ccc(F)cc2)cn1. The monoisotopic (exact) mass is 315 g/mol. The van der Waals surface area contributed by atoms with Gasteiger partial charge in [-0.05, 0) is 49.2 Å². The summed E-state index contributed by atoms with van der Waals surface area (Å²) in [6.07, 6.45) is 3.47. The Morgan fingerprint density at radius 3 is 2.17 bits per heavy atom. The van der Waals surface area contributed by atoms with Gasteiger partial charge in [-0.2, -0.15) is 0 Å². The first-order valence-corrected chi connectivity index (χ1v) is 7.92. The van der Waals surface area contributed by atoms with Gasteiger partial charge in [-0.1, -0.05) is 13.8 Å². The van der Waals surface area contributed by atoms with Gasteiger partial charge in [-0.3, -0.25) is 4.79 Å². The van der Waals surface area contributed by atoms with E-state index in [1.54, 1.807) is 30.5 Å². The molecule has 0 spiro atoms. The minimum absolute atomic E-state index is 0.0398. The van der Waals surface area contributed by atoms with Gasteiger partial charge in [0.25, 0.3) is 5.91 Å². The number of halogens is 1. The van der Waals surface area contributed by atoms with Crippen LogP contribution in [0.3, 0.4) is 0 Å². The van der Waals surface area contributed by atoms with Crippen LogP contribution in [0.1, 0.15) is 37.2 Å². The molecule has 4 nitrogen and oxygen atoms in total. The van der Waals surface area contributed by atoms with Crippen molar-refractivity contribution in [2.24, 2.45) is 0 Å². The van der Waals surface area contributed by atoms with Gasteiger partial charge in [0.2, 0.25) is 0 Å². The Kier molecular flexibility index (Phi) is 6.09. The fourth-order valence-electron chi connectivity index (χ4n) is 2.31. The molecule has 0 saturated heterocycles. The molecule has 5 heteroatoms. The number of aromatic nitrogens is 1. The predicted molar refractivity (Wildman–Crippen MR) is 90.4 cm³/mol. The maximum atomic E-state index is 12.9. The molecule has 0 atom stereocenters. The van der Waals surface area contributed by atoms with Crippen LogP contribution >= 0.6 is 0 Å². The number of benzene rings is 1. The molecule has 2 rings (SSSR count). The second-order valence-corrected chi connectivity index (χ2v) is 5.36. The van der Waals surface area contributed by atoms with Crippen molar-refractivity contribution in [3.8, 4) is 0 Å². The van der Waals surface area contributed by atoms with Crippen molar-refractivity contribution in [2.45, 2.75) is 26.7 Å². The molecule has 1 amide bonds. The first-order valence-electron chi connectivity index (χ1n) is 7.92. The molecule has 1 heterocycles. The van der Waals surface area contributed by atoms with Gasteiger partial charge in [0, 0.05) is 18.8 Å². The summed E-state index contributed by atoms with van der Waals surface area (Å²) < 4.78 is 12.9. The fourth-order valence-corrected chi connectivity index (χ4v) is 2.31. The van der Waals surface area contributed by atoms with Crippen LogP contribution in [0.15, 0.2) is 42.6 Å². The standard InChI is InChI=1S/C18H22FN3O/c1-3-11-22(12-4-2)18(23)17-10-9-16(13-20-17)21-15-7-5-14(19)6-8-15/h5-10,13,21H,3-4,11-12H2,1-2H3. The Labute approximate surface area is 136 Å². The number of nitrogens with one attached hydrogen (secondary N) is 1. The van der Waals surface area contributed by atoms with Crippen molar-refractivity contribution in [1.82, 2.24) is 9.88 Å². The fraction of sp³-hybridized carbons (Fsp3) is 0.333. The van der Waals surface area contributed by atoms with Crippen molar-refractivity contribution in [2.75, 3.05) is 18.4 Å². The summed E-state index contributed by atoms with van der Waals surface area (Å²) in [4.78, 5) is 18.5. The minimum atomic E-state index is -0.276. The third-order valence-corrected chi connectivity index (χ3v) is 3.39. The first kappa shape index (κ1) is 16.9. The Morgan fingerprint density at radius 2 is 1.65 bits per heavy atom. The number of carbonyl (C=O) groups excluding carboxylic acids is 1. The molecular weight excluding hydrogens is 293 g/mol. The predicted octanol–water partition coefficient (Wildman–Crippen LogP) is 4.23. The van der Waals surface area contributed by atoms with Crippen LogP contribution in [0.4, 0.5) is 15.8 Å². The molecule has 0 radical (unpaired) electrons. The van der Waals surface area contributed by atoms with Crippen LogP contribution in [0.2, 0.25) is 0 Å². The highest BCUT2D eigenvalue weighted by Crippen LogP contribution is 2.16. The van der Waals surface area contributed by atoms with Crippen LogP contribution in [0.5, 0.6) is 0 Å². The number of hydrogen-bond acceptors (Lipinski definition) is 3. The lowest BCUT2D eigenvalue weighted by Crippen LogP contribution is -2.33. The average Bonchev–Trinajstić information content (AvgIpc) is 2.57. The number of nitrogens with zero attached hydrogens (tertiary/aromatic N) is 2. The van der Waals surface area contributed by atoms with E-state index >= 15 is 0 Å². The number of rotatable bonds is 7. The van der Waals surface area contributed by atoms with Gasteiger partial charge < -0.3 is 10.2 Å². The Balaban J connectivity index is 2.05. The zero-order valence-corrected chi connectivity index (χ0v) is 13.6. The zero-order valence-electron chi connectivity index (χ0n) is 13.6. The number of anilines is 2. The number of amides is 1. The van der Waals surface area contributed by atoms with Gasteiger partial charge in [-0.25, -0.2) is 9.37 Å². The molecule has 23 heavy (non-hydrogen) atoms. The van der Waals surface area contributed by atoms with Crippen LogP contribution < -0.4 is 5.32 Å². The van der Waals surface area contributed by atoms with E-state index in [9.17, 15) is 9.18 Å². The smallest absolute Gasteiger partial charge is 0.272 e. The molecule has 0 aliphatic heterocycles. The van der Waals surface area contributed by atoms with Gasteiger partial charge in [0.1, 0.15) is 11.5 Å². The molecule has 1 N–H and O–H groups in total. The molecule has 0 aliphatic rings. The summed E-state index contributed by atoms with van der Waals surface area (Å²) in [5, 5.41) is 3.12. The minimum Gasteiger partial charge on any atom is -0.354 e. The van der Waals surface area contributed by atoms with Crippen LogP contribution in [-0.2, 0) is 0 Å². The molecule has 1 aromatic carbocycles. The molecule has 0 aliphatic carbocycles. The summed E-state index contributed by atoms with van der Waals surface area (Å²) in [5.41, 5.74) is 1.97. The Bertz CT molecular complexity index is 620. The lowest BCUT2D eigenvalue weighted by Gasteiger charge is -2.21. The van der Waals surface area contributed by atoms with E-state index in [1.165, 1.54) is 12.1 Å². The molecule has 122 valence electrons. The highest BCUT2D eigenvalue weighted by atomic mass is 19.1.